The van der Waals surface area contributed by atoms with Crippen LogP contribution in [0.15, 0.2) is 65.1 Å². The number of furan rings is 1. The maximum absolute atomic E-state index is 12.4. The first-order valence-corrected chi connectivity index (χ1v) is 11.5. The Labute approximate surface area is 203 Å². The Morgan fingerprint density at radius 2 is 1.66 bits per heavy atom. The third kappa shape index (κ3) is 5.54. The summed E-state index contributed by atoms with van der Waals surface area (Å²) in [4.78, 5) is 37.2. The van der Waals surface area contributed by atoms with E-state index in [9.17, 15) is 14.4 Å². The Hall–Kier alpha value is -4.07. The fourth-order valence-electron chi connectivity index (χ4n) is 4.34. The van der Waals surface area contributed by atoms with Crippen LogP contribution in [0, 0.1) is 0 Å². The van der Waals surface area contributed by atoms with E-state index in [0.29, 0.717) is 12.2 Å². The standard InChI is InChI=1S/C27H28N2O6/c1-17(11-14-25(30)29(2)15-18-12-13-24(35-18)26(31)32)28-27(33)34-16-23-21-9-5-3-7-19(21)20-8-4-6-10-22(20)23/h3-10,12-13,17,23H,11,14-16H2,1-2H3,(H,28,33)(H,31,32). The summed E-state index contributed by atoms with van der Waals surface area (Å²) in [6.07, 6.45) is 0.136. The minimum atomic E-state index is -1.15. The van der Waals surface area contributed by atoms with Crippen LogP contribution in [0.2, 0.25) is 0 Å². The molecule has 1 heterocycles. The lowest BCUT2D eigenvalue weighted by Crippen LogP contribution is -2.35. The number of ether oxygens (including phenoxy) is 1. The zero-order chi connectivity index (χ0) is 24.9. The predicted octanol–water partition coefficient (Wildman–Crippen LogP) is 4.64. The Bertz CT molecular complexity index is 1190. The highest BCUT2D eigenvalue weighted by atomic mass is 16.5. The number of alkyl carbamates (subject to hydrolysis) is 1. The van der Waals surface area contributed by atoms with E-state index in [1.807, 2.05) is 31.2 Å². The normalized spacial score (nSPS) is 13.0. The number of carbonyl (C=O) groups is 3. The largest absolute Gasteiger partial charge is 0.475 e. The molecule has 0 aliphatic heterocycles. The van der Waals surface area contributed by atoms with Gasteiger partial charge in [0.15, 0.2) is 0 Å². The highest BCUT2D eigenvalue weighted by Gasteiger charge is 2.29. The van der Waals surface area contributed by atoms with Gasteiger partial charge < -0.3 is 24.5 Å². The Morgan fingerprint density at radius 1 is 1.03 bits per heavy atom. The first-order valence-electron chi connectivity index (χ1n) is 11.5. The minimum absolute atomic E-state index is 0.0121. The van der Waals surface area contributed by atoms with Crippen molar-refractivity contribution in [3.8, 4) is 11.1 Å². The summed E-state index contributed by atoms with van der Waals surface area (Å²) >= 11 is 0. The van der Waals surface area contributed by atoms with Crippen molar-refractivity contribution in [3.05, 3.63) is 83.3 Å². The number of carbonyl (C=O) groups excluding carboxylic acids is 2. The van der Waals surface area contributed by atoms with Gasteiger partial charge in [0.05, 0.1) is 6.54 Å². The van der Waals surface area contributed by atoms with Gasteiger partial charge in [-0.15, -0.1) is 0 Å². The van der Waals surface area contributed by atoms with Crippen molar-refractivity contribution in [1.82, 2.24) is 10.2 Å². The second-order valence-electron chi connectivity index (χ2n) is 8.73. The molecule has 35 heavy (non-hydrogen) atoms. The van der Waals surface area contributed by atoms with Crippen LogP contribution in [-0.2, 0) is 16.1 Å². The molecule has 3 aromatic rings. The topological polar surface area (TPSA) is 109 Å². The second-order valence-corrected chi connectivity index (χ2v) is 8.73. The number of hydrogen-bond donors (Lipinski definition) is 2. The van der Waals surface area contributed by atoms with Crippen molar-refractivity contribution in [2.45, 2.75) is 38.3 Å². The molecule has 0 spiro atoms. The smallest absolute Gasteiger partial charge is 0.407 e. The van der Waals surface area contributed by atoms with E-state index in [4.69, 9.17) is 14.3 Å². The molecule has 1 atom stereocenters. The molecule has 8 nitrogen and oxygen atoms in total. The molecule has 2 N–H and O–H groups in total. The molecule has 1 unspecified atom stereocenters. The number of carboxylic acid groups (broad SMARTS) is 1. The van der Waals surface area contributed by atoms with E-state index in [2.05, 4.69) is 29.6 Å². The first kappa shape index (κ1) is 24.1. The second kappa shape index (κ2) is 10.5. The van der Waals surface area contributed by atoms with E-state index in [1.54, 1.807) is 7.05 Å². The molecule has 1 aliphatic carbocycles. The Kier molecular flexibility index (Phi) is 7.19. The maximum Gasteiger partial charge on any atom is 0.407 e. The number of benzene rings is 2. The van der Waals surface area contributed by atoms with Gasteiger partial charge in [0.2, 0.25) is 11.7 Å². The van der Waals surface area contributed by atoms with Gasteiger partial charge in [0, 0.05) is 25.4 Å². The molecular formula is C27H28N2O6. The summed E-state index contributed by atoms with van der Waals surface area (Å²) in [6, 6.07) is 18.9. The number of nitrogens with one attached hydrogen (secondary N) is 1. The average molecular weight is 477 g/mol. The first-order chi connectivity index (χ1) is 16.8. The van der Waals surface area contributed by atoms with E-state index in [0.717, 1.165) is 11.1 Å². The van der Waals surface area contributed by atoms with Crippen molar-refractivity contribution < 1.29 is 28.6 Å². The van der Waals surface area contributed by atoms with Crippen molar-refractivity contribution >= 4 is 18.0 Å². The van der Waals surface area contributed by atoms with Crippen LogP contribution >= 0.6 is 0 Å². The van der Waals surface area contributed by atoms with Crippen molar-refractivity contribution in [2.24, 2.45) is 0 Å². The van der Waals surface area contributed by atoms with Gasteiger partial charge >= 0.3 is 12.1 Å². The van der Waals surface area contributed by atoms with Crippen LogP contribution in [-0.4, -0.2) is 47.7 Å². The summed E-state index contributed by atoms with van der Waals surface area (Å²) in [5, 5.41) is 11.7. The number of rotatable bonds is 9. The van der Waals surface area contributed by atoms with Crippen molar-refractivity contribution in [3.63, 3.8) is 0 Å². The van der Waals surface area contributed by atoms with E-state index in [1.165, 1.54) is 28.2 Å². The molecule has 4 rings (SSSR count). The third-order valence-electron chi connectivity index (χ3n) is 6.19. The molecule has 1 aromatic heterocycles. The molecule has 182 valence electrons. The van der Waals surface area contributed by atoms with Crippen LogP contribution in [0.4, 0.5) is 4.79 Å². The lowest BCUT2D eigenvalue weighted by Gasteiger charge is -2.19. The zero-order valence-electron chi connectivity index (χ0n) is 19.7. The van der Waals surface area contributed by atoms with Crippen molar-refractivity contribution in [1.29, 1.82) is 0 Å². The molecule has 8 heteroatoms. The van der Waals surface area contributed by atoms with Crippen LogP contribution in [0.1, 0.15) is 53.1 Å². The molecule has 0 radical (unpaired) electrons. The molecule has 1 aliphatic rings. The lowest BCUT2D eigenvalue weighted by molar-refractivity contribution is -0.130. The number of nitrogens with zero attached hydrogens (tertiary/aromatic N) is 1. The Morgan fingerprint density at radius 3 is 2.26 bits per heavy atom. The van der Waals surface area contributed by atoms with Gasteiger partial charge in [-0.1, -0.05) is 48.5 Å². The zero-order valence-corrected chi connectivity index (χ0v) is 19.7. The third-order valence-corrected chi connectivity index (χ3v) is 6.19. The molecular weight excluding hydrogens is 448 g/mol. The fraction of sp³-hybridized carbons (Fsp3) is 0.296. The predicted molar refractivity (Wildman–Crippen MR) is 129 cm³/mol. The molecule has 0 saturated carbocycles. The van der Waals surface area contributed by atoms with E-state index >= 15 is 0 Å². The van der Waals surface area contributed by atoms with Crippen molar-refractivity contribution in [2.75, 3.05) is 13.7 Å². The fourth-order valence-corrected chi connectivity index (χ4v) is 4.34. The van der Waals surface area contributed by atoms with Crippen LogP contribution in [0.5, 0.6) is 0 Å². The summed E-state index contributed by atoms with van der Waals surface area (Å²) in [7, 11) is 1.62. The average Bonchev–Trinajstić information content (AvgIpc) is 3.44. The molecule has 2 amide bonds. The number of hydrogen-bond acceptors (Lipinski definition) is 5. The van der Waals surface area contributed by atoms with E-state index in [-0.39, 0.29) is 43.2 Å². The maximum atomic E-state index is 12.4. The van der Waals surface area contributed by atoms with Gasteiger partial charge in [-0.2, -0.15) is 0 Å². The highest BCUT2D eigenvalue weighted by molar-refractivity contribution is 5.84. The molecule has 0 bridgehead atoms. The van der Waals surface area contributed by atoms with Crippen LogP contribution in [0.25, 0.3) is 11.1 Å². The van der Waals surface area contributed by atoms with Gasteiger partial charge in [-0.3, -0.25) is 4.79 Å². The summed E-state index contributed by atoms with van der Waals surface area (Å²) in [6.45, 7) is 2.22. The quantitative estimate of drug-likeness (QED) is 0.466. The summed E-state index contributed by atoms with van der Waals surface area (Å²) < 4.78 is 10.7. The monoisotopic (exact) mass is 476 g/mol. The van der Waals surface area contributed by atoms with Crippen LogP contribution in [0.3, 0.4) is 0 Å². The molecule has 2 aromatic carbocycles. The Balaban J connectivity index is 1.23. The van der Waals surface area contributed by atoms with E-state index < -0.39 is 12.1 Å². The molecule has 0 saturated heterocycles. The minimum Gasteiger partial charge on any atom is -0.475 e. The number of amides is 2. The van der Waals surface area contributed by atoms with Gasteiger partial charge in [0.1, 0.15) is 12.4 Å². The summed E-state index contributed by atoms with van der Waals surface area (Å²) in [5.41, 5.74) is 4.63. The number of aromatic carboxylic acids is 1. The van der Waals surface area contributed by atoms with Gasteiger partial charge in [-0.05, 0) is 47.7 Å². The SMILES string of the molecule is CC(CCC(=O)N(C)Cc1ccc(C(=O)O)o1)NC(=O)OCC1c2ccccc2-c2ccccc21. The lowest BCUT2D eigenvalue weighted by atomic mass is 9.98. The summed E-state index contributed by atoms with van der Waals surface area (Å²) in [5.74, 6) is -1.08. The number of fused-ring (bicyclic) bond motifs is 3. The van der Waals surface area contributed by atoms with Gasteiger partial charge in [-0.25, -0.2) is 9.59 Å². The van der Waals surface area contributed by atoms with Crippen LogP contribution < -0.4 is 5.32 Å². The number of carboxylic acids is 1. The van der Waals surface area contributed by atoms with Gasteiger partial charge in [0.25, 0.3) is 0 Å². The molecule has 0 fully saturated rings. The highest BCUT2D eigenvalue weighted by Crippen LogP contribution is 2.44.